The number of nitrogens with one attached hydrogen (secondary N) is 1. The first-order valence-corrected chi connectivity index (χ1v) is 6.72. The molecule has 0 aromatic carbocycles. The van der Waals surface area contributed by atoms with Crippen molar-refractivity contribution in [3.8, 4) is 17.3 Å². The Labute approximate surface area is 120 Å². The van der Waals surface area contributed by atoms with E-state index in [1.807, 2.05) is 20.9 Å². The van der Waals surface area contributed by atoms with Gasteiger partial charge < -0.3 is 10.1 Å². The highest BCUT2D eigenvalue weighted by molar-refractivity contribution is 9.10. The fourth-order valence-corrected chi connectivity index (χ4v) is 2.24. The van der Waals surface area contributed by atoms with Crippen molar-refractivity contribution in [2.75, 3.05) is 19.0 Å². The highest BCUT2D eigenvalue weighted by Crippen LogP contribution is 2.32. The molecule has 2 aromatic heterocycles. The molecule has 2 aromatic rings. The lowest BCUT2D eigenvalue weighted by molar-refractivity contribution is 0.374. The van der Waals surface area contributed by atoms with E-state index in [0.717, 1.165) is 28.1 Å². The predicted octanol–water partition coefficient (Wildman–Crippen LogP) is 2.39. The number of methoxy groups -OCH3 is 1. The Morgan fingerprint density at radius 2 is 2.21 bits per heavy atom. The lowest BCUT2D eigenvalue weighted by atomic mass is 10.2. The Morgan fingerprint density at radius 3 is 2.84 bits per heavy atom. The third-order valence-electron chi connectivity index (χ3n) is 2.67. The molecular formula is C12H16BrN5O. The molecule has 0 aliphatic rings. The maximum absolute atomic E-state index is 5.37. The minimum atomic E-state index is 0.599. The summed E-state index contributed by atoms with van der Waals surface area (Å²) < 4.78 is 7.89. The molecule has 19 heavy (non-hydrogen) atoms. The summed E-state index contributed by atoms with van der Waals surface area (Å²) in [7, 11) is 3.45. The maximum atomic E-state index is 5.37. The average molecular weight is 326 g/mol. The Morgan fingerprint density at radius 1 is 1.47 bits per heavy atom. The summed E-state index contributed by atoms with van der Waals surface area (Å²) in [6.45, 7) is 4.72. The van der Waals surface area contributed by atoms with Gasteiger partial charge >= 0.3 is 0 Å². The summed E-state index contributed by atoms with van der Waals surface area (Å²) in [5, 5.41) is 7.52. The van der Waals surface area contributed by atoms with E-state index >= 15 is 0 Å². The highest BCUT2D eigenvalue weighted by atomic mass is 79.9. The molecule has 0 unspecified atom stereocenters. The SMILES string of the molecule is CCNc1nc(-c2c(C)nn(C)c2OC)ncc1Br. The molecule has 0 spiro atoms. The Bertz CT molecular complexity index is 596. The van der Waals surface area contributed by atoms with E-state index in [9.17, 15) is 0 Å². The quantitative estimate of drug-likeness (QED) is 0.935. The molecule has 7 heteroatoms. The van der Waals surface area contributed by atoms with E-state index in [1.165, 1.54) is 0 Å². The van der Waals surface area contributed by atoms with Crippen LogP contribution >= 0.6 is 15.9 Å². The van der Waals surface area contributed by atoms with Gasteiger partial charge in [0.15, 0.2) is 5.82 Å². The minimum Gasteiger partial charge on any atom is -0.481 e. The van der Waals surface area contributed by atoms with Crippen LogP contribution in [-0.2, 0) is 7.05 Å². The summed E-state index contributed by atoms with van der Waals surface area (Å²) in [5.74, 6) is 2.02. The number of hydrogen-bond donors (Lipinski definition) is 1. The van der Waals surface area contributed by atoms with E-state index in [1.54, 1.807) is 18.0 Å². The molecule has 0 aliphatic carbocycles. The normalized spacial score (nSPS) is 10.6. The first-order valence-electron chi connectivity index (χ1n) is 5.92. The monoisotopic (exact) mass is 325 g/mol. The van der Waals surface area contributed by atoms with E-state index in [0.29, 0.717) is 11.7 Å². The molecule has 0 saturated carbocycles. The Balaban J connectivity index is 2.56. The second-order valence-electron chi connectivity index (χ2n) is 4.01. The van der Waals surface area contributed by atoms with Crippen molar-refractivity contribution in [1.82, 2.24) is 19.7 Å². The largest absolute Gasteiger partial charge is 0.481 e. The van der Waals surface area contributed by atoms with Crippen LogP contribution in [-0.4, -0.2) is 33.4 Å². The van der Waals surface area contributed by atoms with Crippen molar-refractivity contribution in [2.24, 2.45) is 7.05 Å². The molecule has 2 heterocycles. The molecule has 0 radical (unpaired) electrons. The highest BCUT2D eigenvalue weighted by Gasteiger charge is 2.19. The zero-order valence-electron chi connectivity index (χ0n) is 11.4. The van der Waals surface area contributed by atoms with Crippen LogP contribution < -0.4 is 10.1 Å². The molecular weight excluding hydrogens is 310 g/mol. The van der Waals surface area contributed by atoms with Gasteiger partial charge in [-0.3, -0.25) is 0 Å². The van der Waals surface area contributed by atoms with Gasteiger partial charge in [-0.05, 0) is 29.8 Å². The number of aromatic nitrogens is 4. The van der Waals surface area contributed by atoms with Crippen molar-refractivity contribution < 1.29 is 4.74 Å². The predicted molar refractivity (Wildman–Crippen MR) is 77.4 cm³/mol. The first-order chi connectivity index (χ1) is 9.08. The average Bonchev–Trinajstić information content (AvgIpc) is 2.66. The molecule has 0 bridgehead atoms. The standard InChI is InChI=1S/C12H16BrN5O/c1-5-14-10-8(13)6-15-11(16-10)9-7(2)17-18(3)12(9)19-4/h6H,5H2,1-4H3,(H,14,15,16). The second-order valence-corrected chi connectivity index (χ2v) is 4.87. The van der Waals surface area contributed by atoms with E-state index in [4.69, 9.17) is 4.74 Å². The van der Waals surface area contributed by atoms with Crippen LogP contribution in [0.25, 0.3) is 11.4 Å². The lowest BCUT2D eigenvalue weighted by Gasteiger charge is -2.08. The topological polar surface area (TPSA) is 64.9 Å². The Hall–Kier alpha value is -1.63. The molecule has 6 nitrogen and oxygen atoms in total. The third kappa shape index (κ3) is 2.56. The van der Waals surface area contributed by atoms with Gasteiger partial charge in [-0.1, -0.05) is 0 Å². The summed E-state index contributed by atoms with van der Waals surface area (Å²) in [4.78, 5) is 8.86. The molecule has 102 valence electrons. The zero-order valence-corrected chi connectivity index (χ0v) is 12.9. The van der Waals surface area contributed by atoms with Crippen LogP contribution in [0.1, 0.15) is 12.6 Å². The van der Waals surface area contributed by atoms with Crippen LogP contribution in [0, 0.1) is 6.92 Å². The molecule has 0 fully saturated rings. The van der Waals surface area contributed by atoms with E-state index < -0.39 is 0 Å². The van der Waals surface area contributed by atoms with Crippen LogP contribution in [0.4, 0.5) is 5.82 Å². The molecule has 1 N–H and O–H groups in total. The molecule has 0 atom stereocenters. The van der Waals surface area contributed by atoms with E-state index in [-0.39, 0.29) is 0 Å². The third-order valence-corrected chi connectivity index (χ3v) is 3.26. The van der Waals surface area contributed by atoms with Gasteiger partial charge in [0, 0.05) is 19.8 Å². The number of halogens is 1. The van der Waals surface area contributed by atoms with Crippen LogP contribution in [0.2, 0.25) is 0 Å². The van der Waals surface area contributed by atoms with Gasteiger partial charge in [0.2, 0.25) is 5.88 Å². The molecule has 2 rings (SSSR count). The second kappa shape index (κ2) is 5.56. The maximum Gasteiger partial charge on any atom is 0.222 e. The van der Waals surface area contributed by atoms with Crippen LogP contribution in [0.15, 0.2) is 10.7 Å². The van der Waals surface area contributed by atoms with Crippen molar-refractivity contribution in [3.63, 3.8) is 0 Å². The summed E-state index contributed by atoms with van der Waals surface area (Å²) in [6.07, 6.45) is 1.73. The van der Waals surface area contributed by atoms with Crippen molar-refractivity contribution >= 4 is 21.7 Å². The van der Waals surface area contributed by atoms with Crippen LogP contribution in [0.5, 0.6) is 5.88 Å². The summed E-state index contributed by atoms with van der Waals surface area (Å²) in [5.41, 5.74) is 1.65. The number of anilines is 1. The Kier molecular flexibility index (Phi) is 4.04. The van der Waals surface area contributed by atoms with Crippen LogP contribution in [0.3, 0.4) is 0 Å². The van der Waals surface area contributed by atoms with E-state index in [2.05, 4.69) is 36.3 Å². The number of ether oxygens (including phenoxy) is 1. The van der Waals surface area contributed by atoms with Gasteiger partial charge in [0.05, 0.1) is 17.3 Å². The van der Waals surface area contributed by atoms with Gasteiger partial charge in [-0.25, -0.2) is 14.6 Å². The van der Waals surface area contributed by atoms with Gasteiger partial charge in [0.1, 0.15) is 11.4 Å². The summed E-state index contributed by atoms with van der Waals surface area (Å²) in [6, 6.07) is 0. The fourth-order valence-electron chi connectivity index (χ4n) is 1.91. The molecule has 0 amide bonds. The van der Waals surface area contributed by atoms with Crippen molar-refractivity contribution in [1.29, 1.82) is 0 Å². The van der Waals surface area contributed by atoms with Gasteiger partial charge in [0.25, 0.3) is 0 Å². The zero-order chi connectivity index (χ0) is 14.0. The van der Waals surface area contributed by atoms with Gasteiger partial charge in [-0.15, -0.1) is 0 Å². The number of rotatable bonds is 4. The number of aryl methyl sites for hydroxylation is 2. The summed E-state index contributed by atoms with van der Waals surface area (Å²) >= 11 is 3.42. The number of nitrogens with zero attached hydrogens (tertiary/aromatic N) is 4. The first kappa shape index (κ1) is 13.8. The van der Waals surface area contributed by atoms with Crippen molar-refractivity contribution in [2.45, 2.75) is 13.8 Å². The number of hydrogen-bond acceptors (Lipinski definition) is 5. The smallest absolute Gasteiger partial charge is 0.222 e. The van der Waals surface area contributed by atoms with Crippen molar-refractivity contribution in [3.05, 3.63) is 16.4 Å². The lowest BCUT2D eigenvalue weighted by Crippen LogP contribution is -2.03. The minimum absolute atomic E-state index is 0.599. The van der Waals surface area contributed by atoms with Gasteiger partial charge in [-0.2, -0.15) is 5.10 Å². The molecule has 0 aliphatic heterocycles. The fraction of sp³-hybridized carbons (Fsp3) is 0.417. The molecule has 0 saturated heterocycles.